The lowest BCUT2D eigenvalue weighted by atomic mass is 9.77. The number of hydrogen-bond donors (Lipinski definition) is 1. The molecule has 2 rings (SSSR count). The van der Waals surface area contributed by atoms with Crippen LogP contribution in [0.15, 0.2) is 0 Å². The second kappa shape index (κ2) is 6.05. The van der Waals surface area contributed by atoms with E-state index < -0.39 is 0 Å². The largest absolute Gasteiger partial charge is 0.340 e. The van der Waals surface area contributed by atoms with E-state index in [0.29, 0.717) is 24.4 Å². The Morgan fingerprint density at radius 1 is 1.22 bits per heavy atom. The summed E-state index contributed by atoms with van der Waals surface area (Å²) in [5.74, 6) is 1.79. The van der Waals surface area contributed by atoms with Gasteiger partial charge in [-0.15, -0.1) is 0 Å². The summed E-state index contributed by atoms with van der Waals surface area (Å²) in [5.41, 5.74) is 5.85. The van der Waals surface area contributed by atoms with E-state index >= 15 is 0 Å². The van der Waals surface area contributed by atoms with Gasteiger partial charge in [-0.25, -0.2) is 0 Å². The van der Waals surface area contributed by atoms with Crippen LogP contribution in [-0.4, -0.2) is 29.9 Å². The molecule has 1 saturated heterocycles. The Morgan fingerprint density at radius 2 is 1.94 bits per heavy atom. The van der Waals surface area contributed by atoms with Crippen molar-refractivity contribution in [1.82, 2.24) is 4.90 Å². The SMILES string of the molecule is CC1CCN(C(=O)C2CCCCC2CN)C(C)C1. The van der Waals surface area contributed by atoms with E-state index in [9.17, 15) is 4.79 Å². The van der Waals surface area contributed by atoms with Crippen molar-refractivity contribution in [3.05, 3.63) is 0 Å². The molecule has 4 atom stereocenters. The van der Waals surface area contributed by atoms with E-state index in [-0.39, 0.29) is 5.92 Å². The van der Waals surface area contributed by atoms with Gasteiger partial charge in [0, 0.05) is 18.5 Å². The van der Waals surface area contributed by atoms with E-state index in [1.54, 1.807) is 0 Å². The minimum atomic E-state index is 0.208. The fourth-order valence-corrected chi connectivity index (χ4v) is 3.76. The van der Waals surface area contributed by atoms with Crippen LogP contribution in [0.5, 0.6) is 0 Å². The van der Waals surface area contributed by atoms with Gasteiger partial charge in [-0.05, 0) is 51.0 Å². The molecule has 1 aliphatic carbocycles. The Hall–Kier alpha value is -0.570. The molecule has 104 valence electrons. The lowest BCUT2D eigenvalue weighted by molar-refractivity contribution is -0.142. The van der Waals surface area contributed by atoms with E-state index in [0.717, 1.165) is 38.1 Å². The maximum Gasteiger partial charge on any atom is 0.226 e. The van der Waals surface area contributed by atoms with Crippen molar-refractivity contribution in [1.29, 1.82) is 0 Å². The summed E-state index contributed by atoms with van der Waals surface area (Å²) in [6, 6.07) is 0.418. The lowest BCUT2D eigenvalue weighted by Gasteiger charge is -2.41. The van der Waals surface area contributed by atoms with Crippen LogP contribution in [0.3, 0.4) is 0 Å². The summed E-state index contributed by atoms with van der Waals surface area (Å²) >= 11 is 0. The highest BCUT2D eigenvalue weighted by Crippen LogP contribution is 2.33. The summed E-state index contributed by atoms with van der Waals surface area (Å²) < 4.78 is 0. The molecular formula is C15H28N2O. The number of rotatable bonds is 2. The Kier molecular flexibility index (Phi) is 4.66. The van der Waals surface area contributed by atoms with Crippen molar-refractivity contribution >= 4 is 5.91 Å². The number of likely N-dealkylation sites (tertiary alicyclic amines) is 1. The molecule has 2 aliphatic rings. The predicted octanol–water partition coefficient (Wildman–Crippen LogP) is 2.40. The van der Waals surface area contributed by atoms with Crippen LogP contribution in [0.1, 0.15) is 52.4 Å². The quantitative estimate of drug-likeness (QED) is 0.820. The van der Waals surface area contributed by atoms with E-state index in [1.807, 2.05) is 0 Å². The van der Waals surface area contributed by atoms with E-state index in [1.165, 1.54) is 12.8 Å². The van der Waals surface area contributed by atoms with Crippen molar-refractivity contribution in [2.24, 2.45) is 23.5 Å². The zero-order valence-corrected chi connectivity index (χ0v) is 11.9. The van der Waals surface area contributed by atoms with Gasteiger partial charge in [-0.3, -0.25) is 4.79 Å². The Balaban J connectivity index is 2.01. The molecule has 0 radical (unpaired) electrons. The zero-order valence-electron chi connectivity index (χ0n) is 11.9. The maximum atomic E-state index is 12.7. The van der Waals surface area contributed by atoms with E-state index in [2.05, 4.69) is 18.7 Å². The second-order valence-electron chi connectivity index (χ2n) is 6.40. The summed E-state index contributed by atoms with van der Waals surface area (Å²) in [6.45, 7) is 6.12. The van der Waals surface area contributed by atoms with Crippen LogP contribution in [0.25, 0.3) is 0 Å². The van der Waals surface area contributed by atoms with Crippen LogP contribution >= 0.6 is 0 Å². The molecule has 0 aromatic carbocycles. The predicted molar refractivity (Wildman–Crippen MR) is 74.1 cm³/mol. The van der Waals surface area contributed by atoms with Crippen LogP contribution in [0, 0.1) is 17.8 Å². The molecule has 0 bridgehead atoms. The van der Waals surface area contributed by atoms with Crippen LogP contribution < -0.4 is 5.73 Å². The monoisotopic (exact) mass is 252 g/mol. The van der Waals surface area contributed by atoms with E-state index in [4.69, 9.17) is 5.73 Å². The van der Waals surface area contributed by atoms with Crippen LogP contribution in [0.4, 0.5) is 0 Å². The van der Waals surface area contributed by atoms with Gasteiger partial charge in [-0.2, -0.15) is 0 Å². The molecule has 1 heterocycles. The first kappa shape index (κ1) is 13.9. The molecule has 4 unspecified atom stereocenters. The van der Waals surface area contributed by atoms with Gasteiger partial charge in [0.1, 0.15) is 0 Å². The van der Waals surface area contributed by atoms with Gasteiger partial charge >= 0.3 is 0 Å². The Labute approximate surface area is 111 Å². The second-order valence-corrected chi connectivity index (χ2v) is 6.40. The number of carbonyl (C=O) groups is 1. The fraction of sp³-hybridized carbons (Fsp3) is 0.933. The summed E-state index contributed by atoms with van der Waals surface area (Å²) in [6.07, 6.45) is 6.97. The standard InChI is InChI=1S/C15H28N2O/c1-11-7-8-17(12(2)9-11)15(18)14-6-4-3-5-13(14)10-16/h11-14H,3-10,16H2,1-2H3. The minimum absolute atomic E-state index is 0.208. The highest BCUT2D eigenvalue weighted by molar-refractivity contribution is 5.79. The molecule has 3 nitrogen and oxygen atoms in total. The number of carbonyl (C=O) groups excluding carboxylic acids is 1. The number of amides is 1. The number of nitrogens with two attached hydrogens (primary N) is 1. The third kappa shape index (κ3) is 2.87. The molecule has 2 N–H and O–H groups in total. The third-order valence-electron chi connectivity index (χ3n) is 4.95. The zero-order chi connectivity index (χ0) is 13.1. The molecule has 1 aliphatic heterocycles. The Bertz CT molecular complexity index is 292. The highest BCUT2D eigenvalue weighted by Gasteiger charge is 2.36. The van der Waals surface area contributed by atoms with Crippen LogP contribution in [-0.2, 0) is 4.79 Å². The normalized spacial score (nSPS) is 37.6. The lowest BCUT2D eigenvalue weighted by Crippen LogP contribution is -2.49. The molecule has 0 spiro atoms. The summed E-state index contributed by atoms with van der Waals surface area (Å²) in [5, 5.41) is 0. The van der Waals surface area contributed by atoms with Gasteiger partial charge in [0.25, 0.3) is 0 Å². The molecule has 3 heteroatoms. The summed E-state index contributed by atoms with van der Waals surface area (Å²) in [4.78, 5) is 14.8. The van der Waals surface area contributed by atoms with Crippen molar-refractivity contribution in [2.75, 3.05) is 13.1 Å². The third-order valence-corrected chi connectivity index (χ3v) is 4.95. The van der Waals surface area contributed by atoms with Gasteiger partial charge < -0.3 is 10.6 Å². The molecular weight excluding hydrogens is 224 g/mol. The van der Waals surface area contributed by atoms with Crippen molar-refractivity contribution in [3.8, 4) is 0 Å². The number of nitrogens with zero attached hydrogens (tertiary/aromatic N) is 1. The molecule has 2 fully saturated rings. The van der Waals surface area contributed by atoms with Gasteiger partial charge in [0.05, 0.1) is 0 Å². The fourth-order valence-electron chi connectivity index (χ4n) is 3.76. The average molecular weight is 252 g/mol. The smallest absolute Gasteiger partial charge is 0.226 e. The first-order valence-electron chi connectivity index (χ1n) is 7.64. The van der Waals surface area contributed by atoms with Crippen LogP contribution in [0.2, 0.25) is 0 Å². The van der Waals surface area contributed by atoms with Gasteiger partial charge in [0.15, 0.2) is 0 Å². The topological polar surface area (TPSA) is 46.3 Å². The highest BCUT2D eigenvalue weighted by atomic mass is 16.2. The summed E-state index contributed by atoms with van der Waals surface area (Å²) in [7, 11) is 0. The molecule has 0 aromatic rings. The van der Waals surface area contributed by atoms with Gasteiger partial charge in [0.2, 0.25) is 5.91 Å². The number of piperidine rings is 1. The first-order valence-corrected chi connectivity index (χ1v) is 7.64. The molecule has 0 aromatic heterocycles. The van der Waals surface area contributed by atoms with Gasteiger partial charge in [-0.1, -0.05) is 19.8 Å². The van der Waals surface area contributed by atoms with Crippen molar-refractivity contribution in [2.45, 2.75) is 58.4 Å². The first-order chi connectivity index (χ1) is 8.63. The molecule has 18 heavy (non-hydrogen) atoms. The van der Waals surface area contributed by atoms with Crippen molar-refractivity contribution in [3.63, 3.8) is 0 Å². The maximum absolute atomic E-state index is 12.7. The molecule has 1 saturated carbocycles. The number of hydrogen-bond acceptors (Lipinski definition) is 2. The minimum Gasteiger partial charge on any atom is -0.340 e. The molecule has 1 amide bonds. The Morgan fingerprint density at radius 3 is 2.61 bits per heavy atom. The average Bonchev–Trinajstić information content (AvgIpc) is 2.38. The van der Waals surface area contributed by atoms with Crippen molar-refractivity contribution < 1.29 is 4.79 Å².